The van der Waals surface area contributed by atoms with Crippen LogP contribution in [0.4, 0.5) is 0 Å². The maximum Gasteiger partial charge on any atom is 0.239 e. The molecule has 115 valence electrons. The second kappa shape index (κ2) is 5.77. The van der Waals surface area contributed by atoms with Crippen molar-refractivity contribution in [1.29, 1.82) is 0 Å². The zero-order valence-corrected chi connectivity index (χ0v) is 15.1. The van der Waals surface area contributed by atoms with E-state index in [1.165, 1.54) is 12.1 Å². The molecule has 0 saturated carbocycles. The van der Waals surface area contributed by atoms with E-state index >= 15 is 0 Å². The normalized spacial score (nSPS) is 13.6. The molecule has 0 radical (unpaired) electrons. The summed E-state index contributed by atoms with van der Waals surface area (Å²) in [6.07, 6.45) is 0. The summed E-state index contributed by atoms with van der Waals surface area (Å²) in [5.74, 6) is 0. The van der Waals surface area contributed by atoms with Crippen LogP contribution in [0.5, 0.6) is 0 Å². The fourth-order valence-corrected chi connectivity index (χ4v) is 3.39. The summed E-state index contributed by atoms with van der Waals surface area (Å²) in [7, 11) is -5.69. The van der Waals surface area contributed by atoms with E-state index in [4.69, 9.17) is 21.2 Å². The summed E-state index contributed by atoms with van der Waals surface area (Å²) in [6.45, 7) is 11.1. The van der Waals surface area contributed by atoms with Gasteiger partial charge in [0.2, 0.25) is 10.0 Å². The minimum absolute atomic E-state index is 0.0597. The third-order valence-electron chi connectivity index (χ3n) is 3.71. The van der Waals surface area contributed by atoms with Gasteiger partial charge < -0.3 is 4.43 Å². The van der Waals surface area contributed by atoms with Crippen LogP contribution < -0.4 is 5.14 Å². The van der Waals surface area contributed by atoms with Crippen LogP contribution in [0.15, 0.2) is 23.1 Å². The Morgan fingerprint density at radius 3 is 2.30 bits per heavy atom. The Labute approximate surface area is 127 Å². The monoisotopic (exact) mass is 335 g/mol. The molecule has 0 atom stereocenters. The highest BCUT2D eigenvalue weighted by Crippen LogP contribution is 2.37. The Hall–Kier alpha value is -0.403. The van der Waals surface area contributed by atoms with Crippen LogP contribution in [-0.2, 0) is 21.1 Å². The minimum Gasteiger partial charge on any atom is -0.561 e. The molecule has 4 nitrogen and oxygen atoms in total. The van der Waals surface area contributed by atoms with Crippen LogP contribution in [0.25, 0.3) is 0 Å². The number of hydrogen-bond acceptors (Lipinski definition) is 3. The minimum atomic E-state index is -3.81. The highest BCUT2D eigenvalue weighted by molar-refractivity contribution is 7.89. The SMILES string of the molecule is CC(C)(C)[Si-](C)(C)OCc1ccc(Cl)c(S(N)(=O)=O)c1. The fraction of sp³-hybridized carbons (Fsp3) is 0.538. The summed E-state index contributed by atoms with van der Waals surface area (Å²) in [6, 6.07) is 4.76. The van der Waals surface area contributed by atoms with Crippen molar-refractivity contribution >= 4 is 29.9 Å². The van der Waals surface area contributed by atoms with E-state index in [2.05, 4.69) is 33.9 Å². The molecule has 0 unspecified atom stereocenters. The van der Waals surface area contributed by atoms with Gasteiger partial charge in [0, 0.05) is 6.61 Å². The van der Waals surface area contributed by atoms with Crippen LogP contribution in [0.1, 0.15) is 26.3 Å². The van der Waals surface area contributed by atoms with Gasteiger partial charge in [-0.1, -0.05) is 38.4 Å². The first-order chi connectivity index (χ1) is 8.84. The maximum absolute atomic E-state index is 11.4. The van der Waals surface area contributed by atoms with Crippen molar-refractivity contribution in [3.05, 3.63) is 28.8 Å². The Morgan fingerprint density at radius 1 is 1.30 bits per heavy atom. The topological polar surface area (TPSA) is 69.4 Å². The lowest BCUT2D eigenvalue weighted by atomic mass is 10.2. The number of sulfonamides is 1. The Balaban J connectivity index is 2.97. The molecule has 1 rings (SSSR count). The lowest BCUT2D eigenvalue weighted by Crippen LogP contribution is -2.40. The summed E-state index contributed by atoms with van der Waals surface area (Å²) in [5, 5.41) is 5.36. The van der Waals surface area contributed by atoms with Gasteiger partial charge in [-0.05, 0) is 26.0 Å². The van der Waals surface area contributed by atoms with Crippen LogP contribution in [0.3, 0.4) is 0 Å². The average molecular weight is 336 g/mol. The molecule has 7 heteroatoms. The quantitative estimate of drug-likeness (QED) is 0.856. The first-order valence-corrected chi connectivity index (χ1v) is 11.1. The molecule has 1 aromatic carbocycles. The van der Waals surface area contributed by atoms with Crippen LogP contribution in [0.2, 0.25) is 23.2 Å². The molecule has 0 spiro atoms. The van der Waals surface area contributed by atoms with Crippen LogP contribution in [-0.4, -0.2) is 16.7 Å². The first kappa shape index (κ1) is 17.6. The molecule has 0 aliphatic carbocycles. The molecule has 0 aliphatic rings. The van der Waals surface area contributed by atoms with Gasteiger partial charge in [0.05, 0.1) is 5.02 Å². The molecule has 1 aromatic rings. The highest BCUT2D eigenvalue weighted by Gasteiger charge is 2.24. The van der Waals surface area contributed by atoms with Crippen molar-refractivity contribution in [2.45, 2.75) is 50.4 Å². The molecule has 0 saturated heterocycles. The van der Waals surface area contributed by atoms with Gasteiger partial charge in [0.1, 0.15) is 4.90 Å². The molecule has 0 heterocycles. The van der Waals surface area contributed by atoms with E-state index in [0.717, 1.165) is 5.56 Å². The molecule has 0 bridgehead atoms. The molecule has 2 N–H and O–H groups in total. The van der Waals surface area contributed by atoms with E-state index in [1.54, 1.807) is 6.07 Å². The largest absolute Gasteiger partial charge is 0.561 e. The lowest BCUT2D eigenvalue weighted by molar-refractivity contribution is 0.276. The van der Waals surface area contributed by atoms with Crippen molar-refractivity contribution in [2.75, 3.05) is 0 Å². The van der Waals surface area contributed by atoms with Gasteiger partial charge in [-0.25, -0.2) is 13.6 Å². The van der Waals surface area contributed by atoms with Crippen molar-refractivity contribution in [2.24, 2.45) is 5.14 Å². The highest BCUT2D eigenvalue weighted by atomic mass is 35.5. The Kier molecular flexibility index (Phi) is 5.09. The molecular formula is C13H22ClNO3SSi-. The third-order valence-corrected chi connectivity index (χ3v) is 9.58. The van der Waals surface area contributed by atoms with Crippen molar-refractivity contribution < 1.29 is 12.8 Å². The van der Waals surface area contributed by atoms with Crippen molar-refractivity contribution in [3.63, 3.8) is 0 Å². The molecular weight excluding hydrogens is 314 g/mol. The van der Waals surface area contributed by atoms with E-state index in [9.17, 15) is 8.42 Å². The second-order valence-corrected chi connectivity index (χ2v) is 13.1. The van der Waals surface area contributed by atoms with Gasteiger partial charge in [-0.3, -0.25) is 0 Å². The Bertz CT molecular complexity index is 594. The predicted molar refractivity (Wildman–Crippen MR) is 84.8 cm³/mol. The summed E-state index contributed by atoms with van der Waals surface area (Å²) in [5.41, 5.74) is 0.753. The first-order valence-electron chi connectivity index (χ1n) is 6.30. The Morgan fingerprint density at radius 2 is 1.85 bits per heavy atom. The number of rotatable bonds is 4. The van der Waals surface area contributed by atoms with Crippen LogP contribution in [0, 0.1) is 0 Å². The second-order valence-electron chi connectivity index (χ2n) is 6.36. The lowest BCUT2D eigenvalue weighted by Gasteiger charge is -2.48. The van der Waals surface area contributed by atoms with Crippen molar-refractivity contribution in [3.8, 4) is 0 Å². The van der Waals surface area contributed by atoms with Gasteiger partial charge in [0.15, 0.2) is 0 Å². The smallest absolute Gasteiger partial charge is 0.239 e. The maximum atomic E-state index is 11.4. The third kappa shape index (κ3) is 4.29. The number of hydrogen-bond donors (Lipinski definition) is 1. The average Bonchev–Trinajstić information content (AvgIpc) is 2.24. The fourth-order valence-electron chi connectivity index (χ4n) is 1.34. The molecule has 0 aliphatic heterocycles. The van der Waals surface area contributed by atoms with Gasteiger partial charge in [0.25, 0.3) is 0 Å². The zero-order valence-electron chi connectivity index (χ0n) is 12.5. The zero-order chi connectivity index (χ0) is 15.8. The van der Waals surface area contributed by atoms with Gasteiger partial charge in [-0.15, -0.1) is 18.1 Å². The molecule has 0 amide bonds. The molecule has 0 fully saturated rings. The number of nitrogens with two attached hydrogens (primary N) is 1. The van der Waals surface area contributed by atoms with Crippen molar-refractivity contribution in [1.82, 2.24) is 0 Å². The summed E-state index contributed by atoms with van der Waals surface area (Å²) >= 11 is 5.85. The van der Waals surface area contributed by atoms with E-state index in [0.29, 0.717) is 6.61 Å². The van der Waals surface area contributed by atoms with Gasteiger partial charge in [-0.2, -0.15) is 0 Å². The number of halogens is 1. The van der Waals surface area contributed by atoms with Crippen LogP contribution >= 0.6 is 11.6 Å². The standard InChI is InChI=1S/C13H22ClNO3SSi/c1-13(2,3)20(4,5)18-9-10-6-7-11(14)12(8-10)19(15,16)17/h6-8H,9H2,1-5H3,(H2,15,16,17)/q-1. The van der Waals surface area contributed by atoms with E-state index in [1.807, 2.05) is 0 Å². The van der Waals surface area contributed by atoms with E-state index < -0.39 is 18.3 Å². The number of benzene rings is 1. The predicted octanol–water partition coefficient (Wildman–Crippen LogP) is 3.51. The number of primary sulfonamides is 1. The van der Waals surface area contributed by atoms with Gasteiger partial charge >= 0.3 is 0 Å². The summed E-state index contributed by atoms with van der Waals surface area (Å²) in [4.78, 5) is -0.0597. The summed E-state index contributed by atoms with van der Waals surface area (Å²) < 4.78 is 28.9. The van der Waals surface area contributed by atoms with E-state index in [-0.39, 0.29) is 15.0 Å². The molecule has 20 heavy (non-hydrogen) atoms. The molecule has 0 aromatic heterocycles.